The molecule has 0 radical (unpaired) electrons. The summed E-state index contributed by atoms with van der Waals surface area (Å²) in [6, 6.07) is 6.68. The number of nitrogens with one attached hydrogen (secondary N) is 1. The Morgan fingerprint density at radius 3 is 2.78 bits per heavy atom. The van der Waals surface area contributed by atoms with Gasteiger partial charge in [0.05, 0.1) is 19.3 Å². The number of hydrogen-bond donors (Lipinski definition) is 1. The molecule has 1 aromatic rings. The number of hydrogen-bond acceptors (Lipinski definition) is 3. The highest BCUT2D eigenvalue weighted by molar-refractivity contribution is 5.40. The van der Waals surface area contributed by atoms with E-state index in [2.05, 4.69) is 17.6 Å². The van der Waals surface area contributed by atoms with Gasteiger partial charge in [-0.15, -0.1) is 0 Å². The van der Waals surface area contributed by atoms with Crippen molar-refractivity contribution in [3.8, 4) is 5.75 Å². The maximum absolute atomic E-state index is 5.83. The van der Waals surface area contributed by atoms with Gasteiger partial charge in [-0.3, -0.25) is 4.84 Å². The summed E-state index contributed by atoms with van der Waals surface area (Å²) in [6.45, 7) is 0. The van der Waals surface area contributed by atoms with Gasteiger partial charge in [-0.2, -0.15) is 5.48 Å². The molecule has 0 bridgehead atoms. The zero-order chi connectivity index (χ0) is 12.4. The first kappa shape index (κ1) is 12.0. The largest absolute Gasteiger partial charge is 0.497 e. The van der Waals surface area contributed by atoms with Crippen LogP contribution in [0.1, 0.15) is 49.3 Å². The maximum Gasteiger partial charge on any atom is 0.119 e. The smallest absolute Gasteiger partial charge is 0.119 e. The van der Waals surface area contributed by atoms with Crippen molar-refractivity contribution in [2.75, 3.05) is 7.11 Å². The molecule has 0 spiro atoms. The van der Waals surface area contributed by atoms with E-state index in [-0.39, 0.29) is 0 Å². The van der Waals surface area contributed by atoms with Crippen LogP contribution in [0.4, 0.5) is 0 Å². The molecule has 3 heteroatoms. The first-order chi connectivity index (χ1) is 8.86. The van der Waals surface area contributed by atoms with Gasteiger partial charge in [-0.05, 0) is 48.9 Å². The zero-order valence-electron chi connectivity index (χ0n) is 10.9. The highest BCUT2D eigenvalue weighted by Gasteiger charge is 2.25. The quantitative estimate of drug-likeness (QED) is 0.829. The fourth-order valence-electron chi connectivity index (χ4n) is 3.01. The minimum Gasteiger partial charge on any atom is -0.497 e. The lowest BCUT2D eigenvalue weighted by Gasteiger charge is -2.18. The van der Waals surface area contributed by atoms with E-state index in [1.54, 1.807) is 7.11 Å². The summed E-state index contributed by atoms with van der Waals surface area (Å²) < 4.78 is 5.30. The van der Waals surface area contributed by atoms with Crippen LogP contribution in [0.15, 0.2) is 18.2 Å². The van der Waals surface area contributed by atoms with Crippen molar-refractivity contribution >= 4 is 0 Å². The van der Waals surface area contributed by atoms with Crippen LogP contribution in [0.25, 0.3) is 0 Å². The van der Waals surface area contributed by atoms with Crippen LogP contribution in [0.2, 0.25) is 0 Å². The van der Waals surface area contributed by atoms with Gasteiger partial charge in [0.15, 0.2) is 0 Å². The Bertz CT molecular complexity index is 413. The van der Waals surface area contributed by atoms with E-state index in [1.165, 1.54) is 36.8 Å². The molecule has 2 aliphatic carbocycles. The molecule has 1 aromatic carbocycles. The molecule has 2 aliphatic rings. The van der Waals surface area contributed by atoms with Gasteiger partial charge < -0.3 is 4.74 Å². The van der Waals surface area contributed by atoms with Crippen molar-refractivity contribution in [2.24, 2.45) is 0 Å². The first-order valence-electron chi connectivity index (χ1n) is 6.95. The lowest BCUT2D eigenvalue weighted by molar-refractivity contribution is -0.0405. The fraction of sp³-hybridized carbons (Fsp3) is 0.600. The normalized spacial score (nSPS) is 23.3. The second-order valence-corrected chi connectivity index (χ2v) is 5.30. The molecule has 1 saturated carbocycles. The number of hydroxylamine groups is 1. The Morgan fingerprint density at radius 1 is 1.17 bits per heavy atom. The zero-order valence-corrected chi connectivity index (χ0v) is 10.9. The first-order valence-corrected chi connectivity index (χ1v) is 6.95. The molecule has 1 unspecified atom stereocenters. The topological polar surface area (TPSA) is 30.5 Å². The van der Waals surface area contributed by atoms with Crippen LogP contribution in [0.5, 0.6) is 5.75 Å². The van der Waals surface area contributed by atoms with Crippen LogP contribution < -0.4 is 10.2 Å². The van der Waals surface area contributed by atoms with Crippen LogP contribution in [0.3, 0.4) is 0 Å². The second-order valence-electron chi connectivity index (χ2n) is 5.30. The van der Waals surface area contributed by atoms with Gasteiger partial charge in [-0.1, -0.05) is 18.9 Å². The molecule has 1 fully saturated rings. The number of methoxy groups -OCH3 is 1. The molecule has 0 amide bonds. The van der Waals surface area contributed by atoms with E-state index in [4.69, 9.17) is 9.57 Å². The lowest BCUT2D eigenvalue weighted by Crippen LogP contribution is -2.25. The van der Waals surface area contributed by atoms with Gasteiger partial charge >= 0.3 is 0 Å². The SMILES string of the molecule is COc1ccc2c(c1)C(NOC1CCCC1)CC2. The summed E-state index contributed by atoms with van der Waals surface area (Å²) in [5, 5.41) is 0. The van der Waals surface area contributed by atoms with E-state index in [0.29, 0.717) is 12.1 Å². The third-order valence-electron chi connectivity index (χ3n) is 4.11. The van der Waals surface area contributed by atoms with Gasteiger partial charge in [0.2, 0.25) is 0 Å². The van der Waals surface area contributed by atoms with Crippen molar-refractivity contribution < 1.29 is 9.57 Å². The number of rotatable bonds is 4. The summed E-state index contributed by atoms with van der Waals surface area (Å²) in [7, 11) is 1.72. The van der Waals surface area contributed by atoms with Crippen LogP contribution in [0, 0.1) is 0 Å². The lowest BCUT2D eigenvalue weighted by atomic mass is 10.1. The average Bonchev–Trinajstić information content (AvgIpc) is 3.05. The molecule has 1 N–H and O–H groups in total. The molecule has 3 nitrogen and oxygen atoms in total. The summed E-state index contributed by atoms with van der Waals surface area (Å²) in [4.78, 5) is 5.83. The molecule has 3 rings (SSSR count). The third-order valence-corrected chi connectivity index (χ3v) is 4.11. The van der Waals surface area contributed by atoms with E-state index in [1.807, 2.05) is 6.07 Å². The predicted molar refractivity (Wildman–Crippen MR) is 70.5 cm³/mol. The summed E-state index contributed by atoms with van der Waals surface area (Å²) in [5.74, 6) is 0.934. The minimum atomic E-state index is 0.329. The standard InChI is InChI=1S/C15H21NO2/c1-17-13-8-6-11-7-9-15(14(11)10-13)16-18-12-4-2-3-5-12/h6,8,10,12,15-16H,2-5,7,9H2,1H3. The van der Waals surface area contributed by atoms with Crippen molar-refractivity contribution in [1.82, 2.24) is 5.48 Å². The number of aryl methyl sites for hydroxylation is 1. The van der Waals surface area contributed by atoms with Gasteiger partial charge in [-0.25, -0.2) is 0 Å². The van der Waals surface area contributed by atoms with Crippen molar-refractivity contribution in [1.29, 1.82) is 0 Å². The third kappa shape index (κ3) is 2.38. The highest BCUT2D eigenvalue weighted by atomic mass is 16.7. The van der Waals surface area contributed by atoms with Crippen LogP contribution >= 0.6 is 0 Å². The molecule has 0 heterocycles. The second kappa shape index (κ2) is 5.29. The van der Waals surface area contributed by atoms with E-state index in [9.17, 15) is 0 Å². The molecular formula is C15H21NO2. The van der Waals surface area contributed by atoms with Crippen molar-refractivity contribution in [3.05, 3.63) is 29.3 Å². The van der Waals surface area contributed by atoms with Crippen molar-refractivity contribution in [2.45, 2.75) is 50.7 Å². The molecule has 0 aromatic heterocycles. The Hall–Kier alpha value is -1.06. The average molecular weight is 247 g/mol. The molecule has 1 atom stereocenters. The fourth-order valence-corrected chi connectivity index (χ4v) is 3.01. The summed E-state index contributed by atoms with van der Waals surface area (Å²) in [6.07, 6.45) is 7.68. The number of fused-ring (bicyclic) bond motifs is 1. The van der Waals surface area contributed by atoms with E-state index >= 15 is 0 Å². The number of benzene rings is 1. The molecular weight excluding hydrogens is 226 g/mol. The molecule has 18 heavy (non-hydrogen) atoms. The Morgan fingerprint density at radius 2 is 2.00 bits per heavy atom. The Kier molecular flexibility index (Phi) is 3.52. The minimum absolute atomic E-state index is 0.329. The molecule has 98 valence electrons. The monoisotopic (exact) mass is 247 g/mol. The van der Waals surface area contributed by atoms with Crippen molar-refractivity contribution in [3.63, 3.8) is 0 Å². The van der Waals surface area contributed by atoms with Crippen LogP contribution in [-0.4, -0.2) is 13.2 Å². The Balaban J connectivity index is 1.65. The molecule has 0 aliphatic heterocycles. The number of ether oxygens (including phenoxy) is 1. The van der Waals surface area contributed by atoms with Gasteiger partial charge in [0.25, 0.3) is 0 Å². The highest BCUT2D eigenvalue weighted by Crippen LogP contribution is 2.34. The molecule has 0 saturated heterocycles. The summed E-state index contributed by atoms with van der Waals surface area (Å²) >= 11 is 0. The van der Waals surface area contributed by atoms with E-state index in [0.717, 1.165) is 18.6 Å². The van der Waals surface area contributed by atoms with Gasteiger partial charge in [0.1, 0.15) is 5.75 Å². The summed E-state index contributed by atoms with van der Waals surface area (Å²) in [5.41, 5.74) is 6.04. The van der Waals surface area contributed by atoms with Crippen LogP contribution in [-0.2, 0) is 11.3 Å². The van der Waals surface area contributed by atoms with Gasteiger partial charge in [0, 0.05) is 0 Å². The Labute approximate surface area is 108 Å². The predicted octanol–water partition coefficient (Wildman–Crippen LogP) is 3.15. The van der Waals surface area contributed by atoms with E-state index < -0.39 is 0 Å². The maximum atomic E-state index is 5.83.